The molecule has 154 valence electrons. The van der Waals surface area contributed by atoms with Crippen molar-refractivity contribution in [1.29, 1.82) is 0 Å². The van der Waals surface area contributed by atoms with Crippen molar-refractivity contribution in [2.45, 2.75) is 6.42 Å². The zero-order chi connectivity index (χ0) is 20.5. The fraction of sp³-hybridized carbons (Fsp3) is 0.364. The van der Waals surface area contributed by atoms with Crippen LogP contribution in [0.15, 0.2) is 48.5 Å². The number of nitrogens with one attached hydrogen (secondary N) is 2. The van der Waals surface area contributed by atoms with Crippen LogP contribution in [0.3, 0.4) is 0 Å². The normalized spacial score (nSPS) is 14.4. The maximum absolute atomic E-state index is 13.6. The topological polar surface area (TPSA) is 70.7 Å². The van der Waals surface area contributed by atoms with Crippen molar-refractivity contribution >= 4 is 11.8 Å². The average molecular weight is 399 g/mol. The van der Waals surface area contributed by atoms with Gasteiger partial charge in [0.2, 0.25) is 0 Å². The van der Waals surface area contributed by atoms with Gasteiger partial charge in [-0.3, -0.25) is 14.5 Å². The van der Waals surface area contributed by atoms with E-state index in [2.05, 4.69) is 15.5 Å². The van der Waals surface area contributed by atoms with Gasteiger partial charge >= 0.3 is 0 Å². The molecule has 0 saturated carbocycles. The summed E-state index contributed by atoms with van der Waals surface area (Å²) in [6.45, 7) is 4.93. The van der Waals surface area contributed by atoms with Gasteiger partial charge in [-0.1, -0.05) is 18.2 Å². The number of carbonyl (C=O) groups excluding carboxylic acids is 2. The maximum Gasteiger partial charge on any atom is 0.251 e. The Morgan fingerprint density at radius 3 is 2.10 bits per heavy atom. The van der Waals surface area contributed by atoms with Crippen molar-refractivity contribution in [1.82, 2.24) is 15.5 Å². The standard InChI is InChI=1S/C22H26FN3O3/c23-20-4-2-1-3-17(20)9-10-24-21(27)18-5-7-19(8-6-18)22(28)25-11-12-26-13-15-29-16-14-26/h1-8H,9-16H2,(H,24,27)(H,25,28). The Bertz CT molecular complexity index is 820. The average Bonchev–Trinajstić information content (AvgIpc) is 2.76. The number of halogens is 1. The Morgan fingerprint density at radius 1 is 0.897 bits per heavy atom. The zero-order valence-electron chi connectivity index (χ0n) is 16.3. The van der Waals surface area contributed by atoms with Crippen LogP contribution >= 0.6 is 0 Å². The molecule has 0 spiro atoms. The molecule has 2 amide bonds. The summed E-state index contributed by atoms with van der Waals surface area (Å²) in [4.78, 5) is 26.7. The third-order valence-electron chi connectivity index (χ3n) is 4.86. The fourth-order valence-corrected chi connectivity index (χ4v) is 3.14. The van der Waals surface area contributed by atoms with E-state index >= 15 is 0 Å². The van der Waals surface area contributed by atoms with Gasteiger partial charge in [0, 0.05) is 43.9 Å². The van der Waals surface area contributed by atoms with Gasteiger partial charge in [-0.15, -0.1) is 0 Å². The molecule has 2 aromatic carbocycles. The van der Waals surface area contributed by atoms with Crippen molar-refractivity contribution in [3.63, 3.8) is 0 Å². The summed E-state index contributed by atoms with van der Waals surface area (Å²) in [7, 11) is 0. The van der Waals surface area contributed by atoms with E-state index in [1.807, 2.05) is 0 Å². The number of benzene rings is 2. The highest BCUT2D eigenvalue weighted by atomic mass is 19.1. The Balaban J connectivity index is 1.41. The third kappa shape index (κ3) is 6.37. The van der Waals surface area contributed by atoms with Crippen molar-refractivity contribution in [2.24, 2.45) is 0 Å². The second-order valence-corrected chi connectivity index (χ2v) is 6.88. The molecule has 0 aromatic heterocycles. The van der Waals surface area contributed by atoms with Crippen LogP contribution in [0, 0.1) is 5.82 Å². The van der Waals surface area contributed by atoms with Crippen LogP contribution in [-0.2, 0) is 11.2 Å². The molecule has 0 unspecified atom stereocenters. The molecule has 1 heterocycles. The lowest BCUT2D eigenvalue weighted by atomic mass is 10.1. The van der Waals surface area contributed by atoms with Crippen molar-refractivity contribution in [2.75, 3.05) is 45.9 Å². The minimum atomic E-state index is -0.272. The highest BCUT2D eigenvalue weighted by molar-refractivity contribution is 5.97. The summed E-state index contributed by atoms with van der Waals surface area (Å²) in [6, 6.07) is 13.0. The number of carbonyl (C=O) groups is 2. The van der Waals surface area contributed by atoms with Crippen LogP contribution < -0.4 is 10.6 Å². The van der Waals surface area contributed by atoms with E-state index in [1.165, 1.54) is 6.07 Å². The summed E-state index contributed by atoms with van der Waals surface area (Å²) < 4.78 is 18.9. The van der Waals surface area contributed by atoms with Crippen LogP contribution in [0.25, 0.3) is 0 Å². The number of hydrogen-bond acceptors (Lipinski definition) is 4. The number of hydrogen-bond donors (Lipinski definition) is 2. The molecule has 2 aromatic rings. The number of amides is 2. The van der Waals surface area contributed by atoms with E-state index < -0.39 is 0 Å². The molecule has 1 aliphatic rings. The third-order valence-corrected chi connectivity index (χ3v) is 4.86. The largest absolute Gasteiger partial charge is 0.379 e. The molecule has 2 N–H and O–H groups in total. The van der Waals surface area contributed by atoms with E-state index in [0.29, 0.717) is 36.2 Å². The molecule has 29 heavy (non-hydrogen) atoms. The quantitative estimate of drug-likeness (QED) is 0.711. The second-order valence-electron chi connectivity index (χ2n) is 6.88. The second kappa shape index (κ2) is 10.7. The summed E-state index contributed by atoms with van der Waals surface area (Å²) in [5.74, 6) is -0.684. The lowest BCUT2D eigenvalue weighted by Crippen LogP contribution is -2.41. The maximum atomic E-state index is 13.6. The van der Waals surface area contributed by atoms with Gasteiger partial charge in [0.25, 0.3) is 11.8 Å². The predicted octanol–water partition coefficient (Wildman–Crippen LogP) is 1.86. The van der Waals surface area contributed by atoms with E-state index in [9.17, 15) is 14.0 Å². The first-order valence-corrected chi connectivity index (χ1v) is 9.83. The van der Waals surface area contributed by atoms with E-state index in [-0.39, 0.29) is 17.6 Å². The lowest BCUT2D eigenvalue weighted by molar-refractivity contribution is 0.0383. The molecule has 0 aliphatic carbocycles. The molecule has 1 aliphatic heterocycles. The summed E-state index contributed by atoms with van der Waals surface area (Å²) in [5, 5.41) is 5.67. The first-order valence-electron chi connectivity index (χ1n) is 9.83. The number of morpholine rings is 1. The van der Waals surface area contributed by atoms with Gasteiger partial charge in [-0.05, 0) is 42.3 Å². The first-order chi connectivity index (χ1) is 14.1. The van der Waals surface area contributed by atoms with E-state index in [4.69, 9.17) is 4.74 Å². The van der Waals surface area contributed by atoms with Crippen LogP contribution in [0.5, 0.6) is 0 Å². The molecule has 0 bridgehead atoms. The highest BCUT2D eigenvalue weighted by Gasteiger charge is 2.12. The van der Waals surface area contributed by atoms with Crippen LogP contribution in [0.1, 0.15) is 26.3 Å². The Hall–Kier alpha value is -2.77. The fourth-order valence-electron chi connectivity index (χ4n) is 3.14. The molecule has 1 saturated heterocycles. The number of nitrogens with zero attached hydrogens (tertiary/aromatic N) is 1. The van der Waals surface area contributed by atoms with Crippen molar-refractivity contribution < 1.29 is 18.7 Å². The Labute approximate surface area is 170 Å². The first kappa shape index (κ1) is 21.0. The Kier molecular flexibility index (Phi) is 7.72. The molecule has 0 radical (unpaired) electrons. The highest BCUT2D eigenvalue weighted by Crippen LogP contribution is 2.07. The minimum absolute atomic E-state index is 0.162. The molecule has 7 heteroatoms. The Morgan fingerprint density at radius 2 is 1.48 bits per heavy atom. The van der Waals surface area contributed by atoms with Crippen molar-refractivity contribution in [3.05, 3.63) is 71.0 Å². The SMILES string of the molecule is O=C(NCCc1ccccc1F)c1ccc(C(=O)NCCN2CCOCC2)cc1. The monoisotopic (exact) mass is 399 g/mol. The summed E-state index contributed by atoms with van der Waals surface area (Å²) in [5.41, 5.74) is 1.54. The van der Waals surface area contributed by atoms with Gasteiger partial charge in [0.1, 0.15) is 5.82 Å². The van der Waals surface area contributed by atoms with Gasteiger partial charge in [-0.25, -0.2) is 4.39 Å². The molecule has 3 rings (SSSR count). The smallest absolute Gasteiger partial charge is 0.251 e. The summed E-state index contributed by atoms with van der Waals surface area (Å²) in [6.07, 6.45) is 0.419. The van der Waals surface area contributed by atoms with Crippen molar-refractivity contribution in [3.8, 4) is 0 Å². The molecule has 0 atom stereocenters. The van der Waals surface area contributed by atoms with Crippen LogP contribution in [0.4, 0.5) is 4.39 Å². The molecular formula is C22H26FN3O3. The van der Waals surface area contributed by atoms with Gasteiger partial charge in [-0.2, -0.15) is 0 Å². The van der Waals surface area contributed by atoms with Crippen LogP contribution in [0.2, 0.25) is 0 Å². The van der Waals surface area contributed by atoms with E-state index in [1.54, 1.807) is 42.5 Å². The van der Waals surface area contributed by atoms with Gasteiger partial charge < -0.3 is 15.4 Å². The molecular weight excluding hydrogens is 373 g/mol. The summed E-state index contributed by atoms with van der Waals surface area (Å²) >= 11 is 0. The lowest BCUT2D eigenvalue weighted by Gasteiger charge is -2.26. The van der Waals surface area contributed by atoms with Gasteiger partial charge in [0.15, 0.2) is 0 Å². The zero-order valence-corrected chi connectivity index (χ0v) is 16.3. The molecule has 1 fully saturated rings. The molecule has 6 nitrogen and oxygen atoms in total. The van der Waals surface area contributed by atoms with E-state index in [0.717, 1.165) is 32.8 Å². The number of rotatable bonds is 8. The van der Waals surface area contributed by atoms with Gasteiger partial charge in [0.05, 0.1) is 13.2 Å². The van der Waals surface area contributed by atoms with Crippen LogP contribution in [-0.4, -0.2) is 62.7 Å². The predicted molar refractivity (Wildman–Crippen MR) is 108 cm³/mol. The minimum Gasteiger partial charge on any atom is -0.379 e. The number of ether oxygens (including phenoxy) is 1.